The van der Waals surface area contributed by atoms with Gasteiger partial charge in [0.2, 0.25) is 0 Å². The molecule has 1 aromatic rings. The predicted octanol–water partition coefficient (Wildman–Crippen LogP) is 2.59. The zero-order valence-electron chi connectivity index (χ0n) is 8.88. The van der Waals surface area contributed by atoms with Crippen LogP contribution in [-0.4, -0.2) is 11.6 Å². The second-order valence-corrected chi connectivity index (χ2v) is 5.42. The second-order valence-electron chi connectivity index (χ2n) is 4.14. The predicted molar refractivity (Wildman–Crippen MR) is 58.6 cm³/mol. The van der Waals surface area contributed by atoms with E-state index in [9.17, 15) is 4.79 Å². The average molecular weight is 213 g/mol. The Labute approximate surface area is 87.9 Å². The summed E-state index contributed by atoms with van der Waals surface area (Å²) in [5.74, 6) is -0.348. The minimum atomic E-state index is -0.473. The topological polar surface area (TPSA) is 52.3 Å². The zero-order chi connectivity index (χ0) is 10.9. The van der Waals surface area contributed by atoms with Crippen molar-refractivity contribution in [3.63, 3.8) is 0 Å². The van der Waals surface area contributed by atoms with E-state index in [1.54, 1.807) is 6.07 Å². The molecule has 2 N–H and O–H groups in total. The Balaban J connectivity index is 2.85. The summed E-state index contributed by atoms with van der Waals surface area (Å²) in [6.07, 6.45) is 0. The number of aryl methyl sites for hydroxylation is 1. The number of hydrogen-bond donors (Lipinski definition) is 1. The van der Waals surface area contributed by atoms with Gasteiger partial charge in [0.25, 0.3) is 0 Å². The lowest BCUT2D eigenvalue weighted by Gasteiger charge is -2.19. The van der Waals surface area contributed by atoms with Crippen molar-refractivity contribution in [2.45, 2.75) is 33.3 Å². The molecule has 0 unspecified atom stereocenters. The first-order valence-corrected chi connectivity index (χ1v) is 5.20. The SMILES string of the molecule is Cc1cc(C(=O)OC(C)(C)C)c(N)s1. The molecule has 0 saturated heterocycles. The number of rotatable bonds is 1. The molecule has 0 bridgehead atoms. The molecule has 1 aromatic heterocycles. The van der Waals surface area contributed by atoms with Crippen LogP contribution in [0.4, 0.5) is 5.00 Å². The lowest BCUT2D eigenvalue weighted by molar-refractivity contribution is 0.00713. The van der Waals surface area contributed by atoms with Crippen LogP contribution in [0.1, 0.15) is 36.0 Å². The molecule has 14 heavy (non-hydrogen) atoms. The highest BCUT2D eigenvalue weighted by Gasteiger charge is 2.20. The van der Waals surface area contributed by atoms with E-state index < -0.39 is 5.60 Å². The minimum absolute atomic E-state index is 0.348. The van der Waals surface area contributed by atoms with E-state index in [4.69, 9.17) is 10.5 Å². The first-order chi connectivity index (χ1) is 6.29. The number of anilines is 1. The van der Waals surface area contributed by atoms with Crippen LogP contribution in [0.2, 0.25) is 0 Å². The van der Waals surface area contributed by atoms with Crippen LogP contribution in [0.25, 0.3) is 0 Å². The van der Waals surface area contributed by atoms with Crippen molar-refractivity contribution in [1.29, 1.82) is 0 Å². The van der Waals surface area contributed by atoms with Gasteiger partial charge in [-0.25, -0.2) is 4.79 Å². The van der Waals surface area contributed by atoms with Crippen LogP contribution >= 0.6 is 11.3 Å². The van der Waals surface area contributed by atoms with Crippen molar-refractivity contribution < 1.29 is 9.53 Å². The normalized spacial score (nSPS) is 11.4. The Kier molecular flexibility index (Phi) is 2.85. The summed E-state index contributed by atoms with van der Waals surface area (Å²) >= 11 is 1.40. The quantitative estimate of drug-likeness (QED) is 0.729. The Bertz CT molecular complexity index is 349. The molecule has 0 aliphatic carbocycles. The van der Waals surface area contributed by atoms with Gasteiger partial charge in [0, 0.05) is 4.88 Å². The lowest BCUT2D eigenvalue weighted by Crippen LogP contribution is -2.24. The van der Waals surface area contributed by atoms with Gasteiger partial charge in [0.05, 0.1) is 5.56 Å². The van der Waals surface area contributed by atoms with Crippen LogP contribution in [0.5, 0.6) is 0 Å². The summed E-state index contributed by atoms with van der Waals surface area (Å²) < 4.78 is 5.21. The number of thiophene rings is 1. The zero-order valence-corrected chi connectivity index (χ0v) is 9.70. The number of carbonyl (C=O) groups is 1. The number of nitrogen functional groups attached to an aromatic ring is 1. The molecular weight excluding hydrogens is 198 g/mol. The fraction of sp³-hybridized carbons (Fsp3) is 0.500. The van der Waals surface area contributed by atoms with E-state index in [1.807, 2.05) is 27.7 Å². The first kappa shape index (κ1) is 11.0. The number of esters is 1. The van der Waals surface area contributed by atoms with Gasteiger partial charge in [-0.3, -0.25) is 0 Å². The average Bonchev–Trinajstić information content (AvgIpc) is 2.26. The number of nitrogens with two attached hydrogens (primary N) is 1. The molecule has 0 amide bonds. The maximum absolute atomic E-state index is 11.6. The van der Waals surface area contributed by atoms with Crippen molar-refractivity contribution in [1.82, 2.24) is 0 Å². The van der Waals surface area contributed by atoms with Crippen LogP contribution < -0.4 is 5.73 Å². The van der Waals surface area contributed by atoms with Crippen LogP contribution in [0, 0.1) is 6.92 Å². The molecular formula is C10H15NO2S. The lowest BCUT2D eigenvalue weighted by atomic mass is 10.2. The fourth-order valence-corrected chi connectivity index (χ4v) is 1.80. The molecule has 1 rings (SSSR count). The van der Waals surface area contributed by atoms with Gasteiger partial charge in [0.1, 0.15) is 10.6 Å². The highest BCUT2D eigenvalue weighted by molar-refractivity contribution is 7.16. The van der Waals surface area contributed by atoms with E-state index in [-0.39, 0.29) is 5.97 Å². The monoisotopic (exact) mass is 213 g/mol. The molecule has 1 heterocycles. The molecule has 0 aliphatic rings. The fourth-order valence-electron chi connectivity index (χ4n) is 1.02. The minimum Gasteiger partial charge on any atom is -0.456 e. The maximum atomic E-state index is 11.6. The van der Waals surface area contributed by atoms with E-state index in [0.29, 0.717) is 10.6 Å². The van der Waals surface area contributed by atoms with Crippen LogP contribution in [0.15, 0.2) is 6.07 Å². The first-order valence-electron chi connectivity index (χ1n) is 4.39. The van der Waals surface area contributed by atoms with Gasteiger partial charge in [-0.05, 0) is 33.8 Å². The van der Waals surface area contributed by atoms with Gasteiger partial charge in [-0.2, -0.15) is 0 Å². The Morgan fingerprint density at radius 1 is 1.50 bits per heavy atom. The van der Waals surface area contributed by atoms with Crippen LogP contribution in [0.3, 0.4) is 0 Å². The van der Waals surface area contributed by atoms with E-state index in [1.165, 1.54) is 11.3 Å². The van der Waals surface area contributed by atoms with Gasteiger partial charge in [-0.1, -0.05) is 0 Å². The molecule has 0 radical (unpaired) electrons. The van der Waals surface area contributed by atoms with E-state index in [2.05, 4.69) is 0 Å². The van der Waals surface area contributed by atoms with E-state index in [0.717, 1.165) is 4.88 Å². The summed E-state index contributed by atoms with van der Waals surface area (Å²) in [6.45, 7) is 7.41. The number of carbonyl (C=O) groups excluding carboxylic acids is 1. The standard InChI is InChI=1S/C10H15NO2S/c1-6-5-7(8(11)14-6)9(12)13-10(2,3)4/h5H,11H2,1-4H3. The summed E-state index contributed by atoms with van der Waals surface area (Å²) in [5.41, 5.74) is 5.68. The Morgan fingerprint density at radius 2 is 2.07 bits per heavy atom. The Morgan fingerprint density at radius 3 is 2.43 bits per heavy atom. The van der Waals surface area contributed by atoms with Crippen molar-refractivity contribution >= 4 is 22.3 Å². The van der Waals surface area contributed by atoms with Crippen molar-refractivity contribution in [3.8, 4) is 0 Å². The molecule has 78 valence electrons. The highest BCUT2D eigenvalue weighted by Crippen LogP contribution is 2.26. The third-order valence-electron chi connectivity index (χ3n) is 1.50. The third kappa shape index (κ3) is 2.73. The van der Waals surface area contributed by atoms with Crippen molar-refractivity contribution in [2.24, 2.45) is 0 Å². The highest BCUT2D eigenvalue weighted by atomic mass is 32.1. The van der Waals surface area contributed by atoms with Gasteiger partial charge >= 0.3 is 5.97 Å². The van der Waals surface area contributed by atoms with Crippen molar-refractivity contribution in [3.05, 3.63) is 16.5 Å². The molecule has 0 saturated carbocycles. The maximum Gasteiger partial charge on any atom is 0.341 e. The number of ether oxygens (including phenoxy) is 1. The van der Waals surface area contributed by atoms with Gasteiger partial charge in [-0.15, -0.1) is 11.3 Å². The molecule has 3 nitrogen and oxygen atoms in total. The molecule has 4 heteroatoms. The van der Waals surface area contributed by atoms with E-state index >= 15 is 0 Å². The van der Waals surface area contributed by atoms with Crippen LogP contribution in [-0.2, 0) is 4.74 Å². The molecule has 0 aliphatic heterocycles. The van der Waals surface area contributed by atoms with Gasteiger partial charge < -0.3 is 10.5 Å². The summed E-state index contributed by atoms with van der Waals surface area (Å²) in [7, 11) is 0. The summed E-state index contributed by atoms with van der Waals surface area (Å²) in [5, 5.41) is 0.525. The third-order valence-corrected chi connectivity index (χ3v) is 2.38. The Hall–Kier alpha value is -1.03. The molecule has 0 fully saturated rings. The smallest absolute Gasteiger partial charge is 0.341 e. The van der Waals surface area contributed by atoms with Crippen molar-refractivity contribution in [2.75, 3.05) is 5.73 Å². The second kappa shape index (κ2) is 3.61. The molecule has 0 aromatic carbocycles. The number of hydrogen-bond acceptors (Lipinski definition) is 4. The van der Waals surface area contributed by atoms with Gasteiger partial charge in [0.15, 0.2) is 0 Å². The summed E-state index contributed by atoms with van der Waals surface area (Å²) in [4.78, 5) is 12.6. The summed E-state index contributed by atoms with van der Waals surface area (Å²) in [6, 6.07) is 1.76. The molecule has 0 atom stereocenters. The molecule has 0 spiro atoms. The largest absolute Gasteiger partial charge is 0.456 e.